The van der Waals surface area contributed by atoms with Crippen LogP contribution in [0.4, 0.5) is 0 Å². The van der Waals surface area contributed by atoms with E-state index in [2.05, 4.69) is 24.3 Å². The third kappa shape index (κ3) is 2.68. The van der Waals surface area contributed by atoms with Gasteiger partial charge in [-0.25, -0.2) is 0 Å². The highest BCUT2D eigenvalue weighted by Gasteiger charge is 2.32. The van der Waals surface area contributed by atoms with Gasteiger partial charge in [0.15, 0.2) is 5.78 Å². The Hall–Kier alpha value is -3.46. The van der Waals surface area contributed by atoms with Gasteiger partial charge in [0.05, 0.1) is 0 Å². The SMILES string of the molecule is O=C1c2ccccc2CC1n1cc(-c2ccccc2)c(-c2ccccc2)n1. The molecule has 0 bridgehead atoms. The molecule has 0 aliphatic heterocycles. The molecule has 3 nitrogen and oxygen atoms in total. The Balaban J connectivity index is 1.63. The number of hydrogen-bond donors (Lipinski definition) is 0. The summed E-state index contributed by atoms with van der Waals surface area (Å²) in [7, 11) is 0. The second-order valence-corrected chi connectivity index (χ2v) is 6.84. The highest BCUT2D eigenvalue weighted by atomic mass is 16.1. The van der Waals surface area contributed by atoms with Gasteiger partial charge in [-0.3, -0.25) is 9.48 Å². The number of rotatable bonds is 3. The molecule has 3 aromatic carbocycles. The van der Waals surface area contributed by atoms with Crippen molar-refractivity contribution in [3.63, 3.8) is 0 Å². The Bertz CT molecular complexity index is 1060. The van der Waals surface area contributed by atoms with Gasteiger partial charge >= 0.3 is 0 Å². The van der Waals surface area contributed by atoms with Crippen molar-refractivity contribution in [1.29, 1.82) is 0 Å². The molecule has 1 aromatic heterocycles. The highest BCUT2D eigenvalue weighted by Crippen LogP contribution is 2.35. The Labute approximate surface area is 157 Å². The number of fused-ring (bicyclic) bond motifs is 1. The van der Waals surface area contributed by atoms with Crippen LogP contribution in [0, 0.1) is 0 Å². The zero-order chi connectivity index (χ0) is 18.2. The zero-order valence-corrected chi connectivity index (χ0v) is 14.7. The first kappa shape index (κ1) is 15.8. The Kier molecular flexibility index (Phi) is 3.72. The van der Waals surface area contributed by atoms with Gasteiger partial charge in [0.25, 0.3) is 0 Å². The average Bonchev–Trinajstić information content (AvgIpc) is 3.31. The summed E-state index contributed by atoms with van der Waals surface area (Å²) in [5, 5.41) is 4.87. The van der Waals surface area contributed by atoms with Crippen LogP contribution in [0.3, 0.4) is 0 Å². The Morgan fingerprint density at radius 3 is 2.07 bits per heavy atom. The van der Waals surface area contributed by atoms with Crippen LogP contribution in [-0.4, -0.2) is 15.6 Å². The fraction of sp³-hybridized carbons (Fsp3) is 0.0833. The maximum Gasteiger partial charge on any atom is 0.187 e. The van der Waals surface area contributed by atoms with Crippen molar-refractivity contribution in [2.45, 2.75) is 12.5 Å². The van der Waals surface area contributed by atoms with Crippen LogP contribution < -0.4 is 0 Å². The van der Waals surface area contributed by atoms with Gasteiger partial charge in [0, 0.05) is 29.3 Å². The van der Waals surface area contributed by atoms with E-state index in [9.17, 15) is 4.79 Å². The fourth-order valence-corrected chi connectivity index (χ4v) is 3.82. The molecular weight excluding hydrogens is 332 g/mol. The molecule has 0 N–H and O–H groups in total. The first-order valence-corrected chi connectivity index (χ1v) is 9.13. The molecule has 0 saturated heterocycles. The zero-order valence-electron chi connectivity index (χ0n) is 14.7. The third-order valence-electron chi connectivity index (χ3n) is 5.18. The van der Waals surface area contributed by atoms with Gasteiger partial charge in [-0.15, -0.1) is 0 Å². The van der Waals surface area contributed by atoms with Gasteiger partial charge in [-0.1, -0.05) is 84.9 Å². The molecule has 0 amide bonds. The van der Waals surface area contributed by atoms with E-state index >= 15 is 0 Å². The molecule has 1 heterocycles. The van der Waals surface area contributed by atoms with Crippen molar-refractivity contribution in [1.82, 2.24) is 9.78 Å². The standard InChI is InChI=1S/C24H18N2O/c27-24-20-14-8-7-13-19(20)15-22(24)26-16-21(17-9-3-1-4-10-17)23(25-26)18-11-5-2-6-12-18/h1-14,16,22H,15H2. The molecule has 0 fully saturated rings. The quantitative estimate of drug-likeness (QED) is 0.509. The van der Waals surface area contributed by atoms with Gasteiger partial charge in [0.2, 0.25) is 0 Å². The molecule has 1 aliphatic rings. The average molecular weight is 350 g/mol. The van der Waals surface area contributed by atoms with Crippen LogP contribution in [0.25, 0.3) is 22.4 Å². The van der Waals surface area contributed by atoms with Crippen molar-refractivity contribution in [3.8, 4) is 22.4 Å². The summed E-state index contributed by atoms with van der Waals surface area (Å²) >= 11 is 0. The predicted molar refractivity (Wildman–Crippen MR) is 107 cm³/mol. The summed E-state index contributed by atoms with van der Waals surface area (Å²) < 4.78 is 1.85. The Morgan fingerprint density at radius 2 is 1.37 bits per heavy atom. The minimum absolute atomic E-state index is 0.146. The topological polar surface area (TPSA) is 34.9 Å². The second kappa shape index (κ2) is 6.36. The van der Waals surface area contributed by atoms with Crippen LogP contribution in [0.15, 0.2) is 91.1 Å². The molecule has 0 saturated carbocycles. The van der Waals surface area contributed by atoms with E-state index in [0.717, 1.165) is 33.5 Å². The number of Topliss-reactive ketones (excluding diaryl/α,β-unsaturated/α-hetero) is 1. The van der Waals surface area contributed by atoms with Crippen molar-refractivity contribution in [2.75, 3.05) is 0 Å². The van der Waals surface area contributed by atoms with Crippen LogP contribution in [0.5, 0.6) is 0 Å². The van der Waals surface area contributed by atoms with E-state index in [-0.39, 0.29) is 11.8 Å². The predicted octanol–water partition coefficient (Wildman–Crippen LogP) is 5.20. The third-order valence-corrected chi connectivity index (χ3v) is 5.18. The summed E-state index contributed by atoms with van der Waals surface area (Å²) in [5.41, 5.74) is 6.03. The summed E-state index contributed by atoms with van der Waals surface area (Å²) in [5.74, 6) is 0.146. The first-order chi connectivity index (χ1) is 13.3. The monoisotopic (exact) mass is 350 g/mol. The smallest absolute Gasteiger partial charge is 0.187 e. The van der Waals surface area contributed by atoms with Crippen LogP contribution in [-0.2, 0) is 6.42 Å². The summed E-state index contributed by atoms with van der Waals surface area (Å²) in [6.07, 6.45) is 2.71. The molecule has 3 heteroatoms. The number of carbonyl (C=O) groups excluding carboxylic acids is 1. The van der Waals surface area contributed by atoms with Crippen molar-refractivity contribution < 1.29 is 4.79 Å². The minimum atomic E-state index is -0.276. The van der Waals surface area contributed by atoms with Gasteiger partial charge in [-0.2, -0.15) is 5.10 Å². The Morgan fingerprint density at radius 1 is 0.741 bits per heavy atom. The van der Waals surface area contributed by atoms with Crippen LogP contribution >= 0.6 is 0 Å². The first-order valence-electron chi connectivity index (χ1n) is 9.13. The van der Waals surface area contributed by atoms with E-state index in [0.29, 0.717) is 6.42 Å². The summed E-state index contributed by atoms with van der Waals surface area (Å²) in [6, 6.07) is 28.0. The molecule has 27 heavy (non-hydrogen) atoms. The lowest BCUT2D eigenvalue weighted by atomic mass is 10.0. The summed E-state index contributed by atoms with van der Waals surface area (Å²) in [6.45, 7) is 0. The maximum atomic E-state index is 12.9. The molecule has 5 rings (SSSR count). The van der Waals surface area contributed by atoms with E-state index in [4.69, 9.17) is 5.10 Å². The van der Waals surface area contributed by atoms with Gasteiger partial charge < -0.3 is 0 Å². The number of aromatic nitrogens is 2. The number of hydrogen-bond acceptors (Lipinski definition) is 2. The second-order valence-electron chi connectivity index (χ2n) is 6.84. The van der Waals surface area contributed by atoms with Crippen molar-refractivity contribution in [2.24, 2.45) is 0 Å². The van der Waals surface area contributed by atoms with Crippen molar-refractivity contribution >= 4 is 5.78 Å². The maximum absolute atomic E-state index is 12.9. The normalized spacial score (nSPS) is 15.7. The molecular formula is C24H18N2O. The minimum Gasteiger partial charge on any atom is -0.292 e. The number of benzene rings is 3. The number of carbonyl (C=O) groups is 1. The van der Waals surface area contributed by atoms with Gasteiger partial charge in [-0.05, 0) is 11.1 Å². The molecule has 1 atom stereocenters. The molecule has 4 aromatic rings. The molecule has 0 radical (unpaired) electrons. The molecule has 1 unspecified atom stereocenters. The summed E-state index contributed by atoms with van der Waals surface area (Å²) in [4.78, 5) is 12.9. The molecule has 1 aliphatic carbocycles. The highest BCUT2D eigenvalue weighted by molar-refractivity contribution is 6.03. The lowest BCUT2D eigenvalue weighted by molar-refractivity contribution is 0.0935. The lowest BCUT2D eigenvalue weighted by Gasteiger charge is -2.08. The van der Waals surface area contributed by atoms with E-state index in [1.165, 1.54) is 0 Å². The fourth-order valence-electron chi connectivity index (χ4n) is 3.82. The van der Waals surface area contributed by atoms with Crippen LogP contribution in [0.2, 0.25) is 0 Å². The van der Waals surface area contributed by atoms with E-state index in [1.54, 1.807) is 0 Å². The molecule has 0 spiro atoms. The van der Waals surface area contributed by atoms with Crippen molar-refractivity contribution in [3.05, 3.63) is 102 Å². The molecule has 130 valence electrons. The lowest BCUT2D eigenvalue weighted by Crippen LogP contribution is -2.16. The number of ketones is 1. The number of nitrogens with zero attached hydrogens (tertiary/aromatic N) is 2. The largest absolute Gasteiger partial charge is 0.292 e. The van der Waals surface area contributed by atoms with Crippen LogP contribution in [0.1, 0.15) is 22.0 Å². The van der Waals surface area contributed by atoms with E-state index < -0.39 is 0 Å². The van der Waals surface area contributed by atoms with E-state index in [1.807, 2.05) is 71.5 Å². The van der Waals surface area contributed by atoms with Gasteiger partial charge in [0.1, 0.15) is 11.7 Å².